The van der Waals surface area contributed by atoms with Gasteiger partial charge in [0.1, 0.15) is 6.17 Å². The van der Waals surface area contributed by atoms with Crippen LogP contribution in [0.15, 0.2) is 189 Å². The quantitative estimate of drug-likeness (QED) is 0.0295. The third-order valence-electron chi connectivity index (χ3n) is 21.8. The van der Waals surface area contributed by atoms with Crippen molar-refractivity contribution in [3.63, 3.8) is 0 Å². The topological polar surface area (TPSA) is 471 Å². The van der Waals surface area contributed by atoms with Gasteiger partial charge in [-0.1, -0.05) is 180 Å². The Morgan fingerprint density at radius 1 is 0.393 bits per heavy atom. The Morgan fingerprint density at radius 3 is 1.03 bits per heavy atom. The number of tetrazole rings is 4. The van der Waals surface area contributed by atoms with E-state index in [2.05, 4.69) is 159 Å². The highest BCUT2D eigenvalue weighted by Crippen LogP contribution is 2.41. The van der Waals surface area contributed by atoms with Gasteiger partial charge in [-0.2, -0.15) is 20.9 Å². The first-order chi connectivity index (χ1) is 56.2. The summed E-state index contributed by atoms with van der Waals surface area (Å²) in [4.78, 5) is 9.46. The fourth-order valence-corrected chi connectivity index (χ4v) is 18.9. The van der Waals surface area contributed by atoms with E-state index in [1.165, 1.54) is 92.3 Å². The molecule has 12 N–H and O–H groups in total. The maximum Gasteiger partial charge on any atom is 0.238 e. The van der Waals surface area contributed by atoms with Gasteiger partial charge >= 0.3 is 0 Å². The van der Waals surface area contributed by atoms with Gasteiger partial charge in [0.25, 0.3) is 0 Å². The van der Waals surface area contributed by atoms with E-state index in [1.807, 2.05) is 85.8 Å². The third kappa shape index (κ3) is 21.1. The number of halogens is 1. The molecule has 8 aromatic carbocycles. The van der Waals surface area contributed by atoms with E-state index >= 15 is 0 Å². The lowest BCUT2D eigenvalue weighted by molar-refractivity contribution is 0.185. The van der Waals surface area contributed by atoms with Crippen LogP contribution in [0.2, 0.25) is 0 Å². The van der Waals surface area contributed by atoms with E-state index in [-0.39, 0.29) is 48.8 Å². The van der Waals surface area contributed by atoms with Gasteiger partial charge in [0, 0.05) is 57.8 Å². The van der Waals surface area contributed by atoms with Crippen LogP contribution in [0.3, 0.4) is 0 Å². The first-order valence-electron chi connectivity index (χ1n) is 38.7. The van der Waals surface area contributed by atoms with Crippen molar-refractivity contribution in [2.45, 2.75) is 137 Å². The Kier molecular flexibility index (Phi) is 26.9. The highest BCUT2D eigenvalue weighted by atomic mass is 32.2. The van der Waals surface area contributed by atoms with E-state index in [0.29, 0.717) is 63.6 Å². The van der Waals surface area contributed by atoms with Crippen molar-refractivity contribution in [2.24, 2.45) is 38.3 Å². The maximum atomic E-state index is 13.7. The van der Waals surface area contributed by atoms with Gasteiger partial charge in [0.2, 0.25) is 63.4 Å². The molecular formula is C80H95FN24O8S4. The number of sulfonamides is 4. The van der Waals surface area contributed by atoms with Crippen LogP contribution in [0.1, 0.15) is 101 Å². The van der Waals surface area contributed by atoms with E-state index in [0.717, 1.165) is 98.6 Å². The summed E-state index contributed by atoms with van der Waals surface area (Å²) in [5.41, 5.74) is 12.2. The van der Waals surface area contributed by atoms with Crippen LogP contribution < -0.4 is 20.6 Å². The Balaban J connectivity index is 0.000000135. The molecule has 0 spiro atoms. The number of likely N-dealkylation sites (tertiary alicyclic amines) is 4. The predicted octanol–water partition coefficient (Wildman–Crippen LogP) is 9.74. The normalized spacial score (nSPS) is 17.9. The Bertz CT molecular complexity index is 5770. The lowest BCUT2D eigenvalue weighted by Crippen LogP contribution is -2.32. The first-order valence-corrected chi connectivity index (χ1v) is 44.9. The fourth-order valence-electron chi connectivity index (χ4n) is 15.8. The number of hydrogen-bond donors (Lipinski definition) is 8. The number of nitrogens with one attached hydrogen (secondary N) is 4. The lowest BCUT2D eigenvalue weighted by Gasteiger charge is -2.30. The zero-order chi connectivity index (χ0) is 82.6. The molecule has 4 aliphatic rings. The number of nitrogens with two attached hydrogens (primary N) is 4. The number of primary sulfonamides is 4. The Labute approximate surface area is 679 Å². The van der Waals surface area contributed by atoms with Gasteiger partial charge < -0.3 is 0 Å². The summed E-state index contributed by atoms with van der Waals surface area (Å²) >= 11 is 0. The van der Waals surface area contributed by atoms with Gasteiger partial charge in [-0.15, -0.1) is 40.8 Å². The number of benzene rings is 8. The summed E-state index contributed by atoms with van der Waals surface area (Å²) in [5, 5.41) is 77.1. The van der Waals surface area contributed by atoms with E-state index in [1.54, 1.807) is 30.3 Å². The molecule has 0 bridgehead atoms. The largest absolute Gasteiger partial charge is 0.299 e. The fraction of sp³-hybridized carbons (Fsp3) is 0.350. The molecule has 0 radical (unpaired) electrons. The molecule has 8 heterocycles. The van der Waals surface area contributed by atoms with E-state index in [4.69, 9.17) is 20.6 Å². The summed E-state index contributed by atoms with van der Waals surface area (Å²) in [7, 11) is -15.8. The SMILES string of the molecule is CC1CCN(Cc2ccc(-c3cccc(S(N)(=O)=O)c3-c3nn[nH]n3)cc2)CC1.CC1CN(Cc2ccc(-c3cccc(S(N)(=O)=O)c3-c3nn[nH]n3)cc2)CC1F.CCC1CCCN1Cc1ccc(-c2cccc(S(N)(=O)=O)c2-c2nn[nH]n2)cc1.CCCC1CCN(Cc2ccc(-c3cccc(S(N)(=O)=O)c3-c3nn[nH]n3)cc2)C1. The Hall–Kier alpha value is -10.6. The molecule has 12 aromatic rings. The van der Waals surface area contributed by atoms with Crippen molar-refractivity contribution >= 4 is 40.1 Å². The highest BCUT2D eigenvalue weighted by molar-refractivity contribution is 7.90. The molecule has 0 saturated carbocycles. The highest BCUT2D eigenvalue weighted by Gasteiger charge is 2.32. The van der Waals surface area contributed by atoms with Crippen molar-refractivity contribution in [1.29, 1.82) is 0 Å². The number of rotatable bonds is 23. The summed E-state index contributed by atoms with van der Waals surface area (Å²) in [5.74, 6) is 2.39. The van der Waals surface area contributed by atoms with Crippen molar-refractivity contribution in [1.82, 2.24) is 102 Å². The van der Waals surface area contributed by atoms with Gasteiger partial charge in [-0.05, 0) is 195 Å². The van der Waals surface area contributed by atoms with Gasteiger partial charge in [-0.25, -0.2) is 58.6 Å². The molecule has 4 atom stereocenters. The molecule has 4 aliphatic heterocycles. The predicted molar refractivity (Wildman–Crippen MR) is 441 cm³/mol. The molecule has 4 fully saturated rings. The minimum atomic E-state index is -3.99. The van der Waals surface area contributed by atoms with Crippen LogP contribution in [-0.2, 0) is 66.3 Å². The van der Waals surface area contributed by atoms with Crippen molar-refractivity contribution in [3.8, 4) is 90.1 Å². The number of alkyl halides is 1. The minimum Gasteiger partial charge on any atom is -0.299 e. The molecule has 614 valence electrons. The second-order valence-corrected chi connectivity index (χ2v) is 36.2. The number of hydrogen-bond acceptors (Lipinski definition) is 24. The molecule has 37 heteroatoms. The smallest absolute Gasteiger partial charge is 0.238 e. The number of H-pyrrole nitrogens is 4. The standard InChI is InChI=1S/C21H26N6O2S.2C20H24N6O2S.C19H21FN6O2S/c1-2-4-15-11-12-27(13-15)14-16-7-9-17(10-8-16)18-5-3-6-19(30(22,28)29)20(18)21-23-25-26-24-21;1-14-9-11-26(12-10-14)13-15-5-7-16(8-6-15)17-3-2-4-18(29(21,27)28)19(17)20-22-24-25-23-20;1-2-16-5-4-12-26(16)13-14-8-10-15(11-9-14)17-6-3-7-18(29(21,27)28)19(17)20-22-24-25-23-20;1-12-9-26(11-16(12)20)10-13-5-7-14(8-6-13)15-3-2-4-17(29(21,27)28)18(15)19-22-24-25-23-19/h3,5-10,15H,2,4,11-14H2,1H3,(H2,22,28,29)(H,23,24,25,26);2-8,14H,9-13H2,1H3,(H2,21,27,28)(H,22,23,24,25);3,6-11,16H,2,4-5,12-13H2,1H3,(H2,21,27,28)(H,22,23,24,25);2-8,12,16H,9-11H2,1H3,(H2,21,27,28)(H,22,23,24,25). The molecule has 0 amide bonds. The molecule has 117 heavy (non-hydrogen) atoms. The number of nitrogens with zero attached hydrogens (tertiary/aromatic N) is 16. The number of piperidine rings is 1. The van der Waals surface area contributed by atoms with Crippen LogP contribution in [0.25, 0.3) is 90.1 Å². The summed E-state index contributed by atoms with van der Waals surface area (Å²) in [6, 6.07) is 52.6. The van der Waals surface area contributed by atoms with Crippen molar-refractivity contribution < 1.29 is 38.1 Å². The van der Waals surface area contributed by atoms with Crippen molar-refractivity contribution in [3.05, 3.63) is 192 Å². The van der Waals surface area contributed by atoms with Crippen LogP contribution in [0, 0.1) is 17.8 Å². The van der Waals surface area contributed by atoms with E-state index < -0.39 is 46.3 Å². The average Bonchev–Trinajstić information content (AvgIpc) is 1.75. The second kappa shape index (κ2) is 37.4. The average molecular weight is 1670 g/mol. The molecule has 0 aliphatic carbocycles. The molecular weight excluding hydrogens is 1570 g/mol. The monoisotopic (exact) mass is 1670 g/mol. The molecule has 32 nitrogen and oxygen atoms in total. The summed E-state index contributed by atoms with van der Waals surface area (Å²) in [6.45, 7) is 19.0. The maximum absolute atomic E-state index is 13.7. The number of aromatic amines is 4. The Morgan fingerprint density at radius 2 is 0.726 bits per heavy atom. The van der Waals surface area contributed by atoms with Crippen LogP contribution in [-0.4, -0.2) is 194 Å². The summed E-state index contributed by atoms with van der Waals surface area (Å²) < 4.78 is 111. The van der Waals surface area contributed by atoms with Gasteiger partial charge in [-0.3, -0.25) is 19.6 Å². The molecule has 4 saturated heterocycles. The second-order valence-electron chi connectivity index (χ2n) is 30.1. The lowest BCUT2D eigenvalue weighted by atomic mass is 9.97. The molecule has 4 aromatic heterocycles. The zero-order valence-corrected chi connectivity index (χ0v) is 68.5. The van der Waals surface area contributed by atoms with Gasteiger partial charge in [0.05, 0.1) is 41.8 Å². The van der Waals surface area contributed by atoms with Gasteiger partial charge in [0.15, 0.2) is 0 Å². The van der Waals surface area contributed by atoms with Crippen LogP contribution in [0.5, 0.6) is 0 Å². The minimum absolute atomic E-state index is 0.0236. The van der Waals surface area contributed by atoms with Crippen LogP contribution in [0.4, 0.5) is 4.39 Å². The first kappa shape index (κ1) is 84.4. The van der Waals surface area contributed by atoms with E-state index in [9.17, 15) is 38.1 Å². The molecule has 4 unspecified atom stereocenters. The summed E-state index contributed by atoms with van der Waals surface area (Å²) in [6.07, 6.45) is 9.22. The van der Waals surface area contributed by atoms with Crippen LogP contribution >= 0.6 is 0 Å². The third-order valence-corrected chi connectivity index (χ3v) is 25.6. The van der Waals surface area contributed by atoms with Crippen molar-refractivity contribution in [2.75, 3.05) is 45.8 Å². The molecule has 16 rings (SSSR count). The zero-order valence-electron chi connectivity index (χ0n) is 65.2. The number of aromatic nitrogens is 16.